The highest BCUT2D eigenvalue weighted by Gasteiger charge is 2.09. The van der Waals surface area contributed by atoms with Gasteiger partial charge in [-0.3, -0.25) is 0 Å². The lowest BCUT2D eigenvalue weighted by Gasteiger charge is -2.13. The molecule has 0 fully saturated rings. The van der Waals surface area contributed by atoms with E-state index in [2.05, 4.69) is 20.6 Å². The summed E-state index contributed by atoms with van der Waals surface area (Å²) in [5.41, 5.74) is 3.86. The van der Waals surface area contributed by atoms with Gasteiger partial charge in [0.05, 0.1) is 12.8 Å². The Kier molecular flexibility index (Phi) is 5.05. The molecule has 6 heteroatoms. The maximum atomic E-state index is 6.15. The fourth-order valence-corrected chi connectivity index (χ4v) is 2.56. The van der Waals surface area contributed by atoms with E-state index in [0.29, 0.717) is 22.5 Å². The second-order valence-corrected chi connectivity index (χ2v) is 6.09. The first kappa shape index (κ1) is 17.0. The summed E-state index contributed by atoms with van der Waals surface area (Å²) in [6.07, 6.45) is 1.70. The Hall–Kier alpha value is -2.79. The molecule has 3 rings (SSSR count). The van der Waals surface area contributed by atoms with Crippen molar-refractivity contribution in [3.63, 3.8) is 0 Å². The SMILES string of the molecule is COc1cc(Cl)c(C)cc1Nc1ccnc(Nc2cccc(C)c2)n1. The van der Waals surface area contributed by atoms with Crippen molar-refractivity contribution in [2.75, 3.05) is 17.7 Å². The third kappa shape index (κ3) is 4.19. The Labute approximate surface area is 152 Å². The van der Waals surface area contributed by atoms with E-state index in [-0.39, 0.29) is 0 Å². The maximum Gasteiger partial charge on any atom is 0.229 e. The maximum absolute atomic E-state index is 6.15. The van der Waals surface area contributed by atoms with Gasteiger partial charge in [-0.15, -0.1) is 0 Å². The molecule has 128 valence electrons. The number of anilines is 4. The molecule has 3 aromatic rings. The van der Waals surface area contributed by atoms with E-state index in [1.54, 1.807) is 25.4 Å². The monoisotopic (exact) mass is 354 g/mol. The lowest BCUT2D eigenvalue weighted by molar-refractivity contribution is 0.416. The average molecular weight is 355 g/mol. The molecule has 1 heterocycles. The topological polar surface area (TPSA) is 59.1 Å². The lowest BCUT2D eigenvalue weighted by Crippen LogP contribution is -2.02. The number of hydrogen-bond donors (Lipinski definition) is 2. The summed E-state index contributed by atoms with van der Waals surface area (Å²) < 4.78 is 5.39. The third-order valence-electron chi connectivity index (χ3n) is 3.67. The summed E-state index contributed by atoms with van der Waals surface area (Å²) in [5, 5.41) is 7.12. The summed E-state index contributed by atoms with van der Waals surface area (Å²) in [4.78, 5) is 8.76. The average Bonchev–Trinajstić information content (AvgIpc) is 2.58. The molecule has 0 aliphatic heterocycles. The molecule has 5 nitrogen and oxygen atoms in total. The zero-order valence-electron chi connectivity index (χ0n) is 14.3. The zero-order valence-corrected chi connectivity index (χ0v) is 15.1. The molecule has 2 N–H and O–H groups in total. The summed E-state index contributed by atoms with van der Waals surface area (Å²) in [6.45, 7) is 3.98. The van der Waals surface area contributed by atoms with Crippen LogP contribution < -0.4 is 15.4 Å². The third-order valence-corrected chi connectivity index (χ3v) is 4.08. The van der Waals surface area contributed by atoms with Crippen LogP contribution in [0.4, 0.5) is 23.1 Å². The first-order valence-corrected chi connectivity index (χ1v) is 8.21. The van der Waals surface area contributed by atoms with Crippen molar-refractivity contribution in [1.82, 2.24) is 9.97 Å². The molecule has 0 atom stereocenters. The number of methoxy groups -OCH3 is 1. The van der Waals surface area contributed by atoms with Crippen molar-refractivity contribution in [2.24, 2.45) is 0 Å². The van der Waals surface area contributed by atoms with E-state index in [1.807, 2.05) is 44.2 Å². The molecule has 0 spiro atoms. The van der Waals surface area contributed by atoms with Gasteiger partial charge < -0.3 is 15.4 Å². The van der Waals surface area contributed by atoms with Crippen LogP contribution in [0.15, 0.2) is 48.7 Å². The molecular formula is C19H19ClN4O. The molecule has 0 radical (unpaired) electrons. The minimum Gasteiger partial charge on any atom is -0.495 e. The number of halogens is 1. The fraction of sp³-hybridized carbons (Fsp3) is 0.158. The lowest BCUT2D eigenvalue weighted by atomic mass is 10.2. The van der Waals surface area contributed by atoms with Crippen molar-refractivity contribution in [3.8, 4) is 5.75 Å². The van der Waals surface area contributed by atoms with Gasteiger partial charge in [0, 0.05) is 23.0 Å². The van der Waals surface area contributed by atoms with Gasteiger partial charge >= 0.3 is 0 Å². The number of nitrogens with one attached hydrogen (secondary N) is 2. The molecule has 0 aliphatic carbocycles. The summed E-state index contributed by atoms with van der Waals surface area (Å²) in [7, 11) is 1.61. The number of hydrogen-bond acceptors (Lipinski definition) is 5. The number of aryl methyl sites for hydroxylation is 2. The van der Waals surface area contributed by atoms with Crippen LogP contribution >= 0.6 is 11.6 Å². The van der Waals surface area contributed by atoms with Gasteiger partial charge in [-0.2, -0.15) is 4.98 Å². The first-order valence-electron chi connectivity index (χ1n) is 7.83. The van der Waals surface area contributed by atoms with Crippen molar-refractivity contribution >= 4 is 34.7 Å². The van der Waals surface area contributed by atoms with Crippen LogP contribution in [-0.2, 0) is 0 Å². The highest BCUT2D eigenvalue weighted by Crippen LogP contribution is 2.32. The summed E-state index contributed by atoms with van der Waals surface area (Å²) in [6, 6.07) is 13.5. The van der Waals surface area contributed by atoms with E-state index in [0.717, 1.165) is 16.9 Å². The first-order chi connectivity index (χ1) is 12.0. The van der Waals surface area contributed by atoms with Crippen LogP contribution in [0.1, 0.15) is 11.1 Å². The van der Waals surface area contributed by atoms with Gasteiger partial charge in [0.25, 0.3) is 0 Å². The predicted molar refractivity (Wildman–Crippen MR) is 103 cm³/mol. The molecule has 0 aliphatic rings. The second kappa shape index (κ2) is 7.40. The van der Waals surface area contributed by atoms with Crippen LogP contribution in [0, 0.1) is 13.8 Å². The predicted octanol–water partition coefficient (Wildman–Crippen LogP) is 5.24. The minimum atomic E-state index is 0.514. The van der Waals surface area contributed by atoms with Crippen molar-refractivity contribution in [3.05, 3.63) is 64.8 Å². The van der Waals surface area contributed by atoms with E-state index in [1.165, 1.54) is 5.56 Å². The normalized spacial score (nSPS) is 10.4. The number of aromatic nitrogens is 2. The van der Waals surface area contributed by atoms with Crippen LogP contribution in [0.25, 0.3) is 0 Å². The van der Waals surface area contributed by atoms with E-state index in [9.17, 15) is 0 Å². The molecule has 0 saturated heterocycles. The molecular weight excluding hydrogens is 336 g/mol. The van der Waals surface area contributed by atoms with Gasteiger partial charge in [-0.1, -0.05) is 23.7 Å². The number of benzene rings is 2. The molecule has 0 saturated carbocycles. The smallest absolute Gasteiger partial charge is 0.229 e. The molecule has 2 aromatic carbocycles. The molecule has 0 amide bonds. The molecule has 25 heavy (non-hydrogen) atoms. The van der Waals surface area contributed by atoms with Gasteiger partial charge in [0.2, 0.25) is 5.95 Å². The van der Waals surface area contributed by atoms with E-state index >= 15 is 0 Å². The van der Waals surface area contributed by atoms with Crippen LogP contribution in [0.5, 0.6) is 5.75 Å². The summed E-state index contributed by atoms with van der Waals surface area (Å²) in [5.74, 6) is 1.83. The number of ether oxygens (including phenoxy) is 1. The van der Waals surface area contributed by atoms with Gasteiger partial charge in [-0.05, 0) is 49.2 Å². The fourth-order valence-electron chi connectivity index (χ4n) is 2.41. The largest absolute Gasteiger partial charge is 0.495 e. The van der Waals surface area contributed by atoms with Crippen molar-refractivity contribution in [1.29, 1.82) is 0 Å². The Bertz CT molecular complexity index is 898. The van der Waals surface area contributed by atoms with Crippen LogP contribution in [0.2, 0.25) is 5.02 Å². The van der Waals surface area contributed by atoms with Crippen LogP contribution in [0.3, 0.4) is 0 Å². The van der Waals surface area contributed by atoms with Crippen molar-refractivity contribution < 1.29 is 4.74 Å². The van der Waals surface area contributed by atoms with E-state index < -0.39 is 0 Å². The van der Waals surface area contributed by atoms with E-state index in [4.69, 9.17) is 16.3 Å². The Morgan fingerprint density at radius 2 is 1.88 bits per heavy atom. The Morgan fingerprint density at radius 3 is 2.64 bits per heavy atom. The summed E-state index contributed by atoms with van der Waals surface area (Å²) >= 11 is 6.15. The molecule has 0 unspecified atom stereocenters. The Morgan fingerprint density at radius 1 is 1.04 bits per heavy atom. The number of nitrogens with zero attached hydrogens (tertiary/aromatic N) is 2. The van der Waals surface area contributed by atoms with Crippen LogP contribution in [-0.4, -0.2) is 17.1 Å². The standard InChI is InChI=1S/C19H19ClN4O/c1-12-5-4-6-14(9-12)22-19-21-8-7-18(24-19)23-16-10-13(2)15(20)11-17(16)25-3/h4-11H,1-3H3,(H2,21,22,23,24). The number of rotatable bonds is 5. The minimum absolute atomic E-state index is 0.514. The van der Waals surface area contributed by atoms with Gasteiger partial charge in [0.1, 0.15) is 11.6 Å². The highest BCUT2D eigenvalue weighted by molar-refractivity contribution is 6.31. The zero-order chi connectivity index (χ0) is 17.8. The highest BCUT2D eigenvalue weighted by atomic mass is 35.5. The van der Waals surface area contributed by atoms with Crippen molar-refractivity contribution in [2.45, 2.75) is 13.8 Å². The molecule has 0 bridgehead atoms. The van der Waals surface area contributed by atoms with Gasteiger partial charge in [-0.25, -0.2) is 4.98 Å². The van der Waals surface area contributed by atoms with Gasteiger partial charge in [0.15, 0.2) is 0 Å². The second-order valence-electron chi connectivity index (χ2n) is 5.69. The quantitative estimate of drug-likeness (QED) is 0.656. The molecule has 1 aromatic heterocycles. The Balaban J connectivity index is 1.84.